The minimum Gasteiger partial charge on any atom is -0.370 e. The molecule has 1 aromatic carbocycles. The lowest BCUT2D eigenvalue weighted by atomic mass is 10.1. The van der Waals surface area contributed by atoms with Crippen LogP contribution in [-0.2, 0) is 6.54 Å². The molecule has 1 unspecified atom stereocenters. The molecular formula is C16H25N3S. The first-order valence-corrected chi connectivity index (χ1v) is 8.91. The molecule has 0 saturated carbocycles. The van der Waals surface area contributed by atoms with Gasteiger partial charge in [0, 0.05) is 41.8 Å². The maximum absolute atomic E-state index is 6.00. The zero-order chi connectivity index (χ0) is 13.9. The third kappa shape index (κ3) is 2.69. The molecule has 1 aromatic rings. The van der Waals surface area contributed by atoms with E-state index in [0.29, 0.717) is 6.54 Å². The smallest absolute Gasteiger partial charge is 0.0423 e. The number of thioether (sulfide) groups is 1. The Hall–Kier alpha value is -0.710. The third-order valence-electron chi connectivity index (χ3n) is 4.69. The van der Waals surface area contributed by atoms with Crippen LogP contribution < -0.4 is 10.6 Å². The zero-order valence-corrected chi connectivity index (χ0v) is 13.2. The molecule has 2 heterocycles. The number of nitrogens with two attached hydrogens (primary N) is 1. The first-order chi connectivity index (χ1) is 9.83. The summed E-state index contributed by atoms with van der Waals surface area (Å²) in [5, 5.41) is 0. The van der Waals surface area contributed by atoms with Gasteiger partial charge in [0.05, 0.1) is 0 Å². The van der Waals surface area contributed by atoms with E-state index in [1.165, 1.54) is 61.6 Å². The van der Waals surface area contributed by atoms with Gasteiger partial charge in [-0.05, 0) is 50.7 Å². The molecule has 3 nitrogen and oxygen atoms in total. The minimum atomic E-state index is 0.636. The standard InChI is InChI=1S/C16H25N3S/c1-20-16-6-4-5-15(14(16)11-17)19-10-7-13(12-19)18-8-2-3-9-18/h4-6,13H,2-3,7-12,17H2,1H3. The largest absolute Gasteiger partial charge is 0.370 e. The topological polar surface area (TPSA) is 32.5 Å². The SMILES string of the molecule is CSc1cccc(N2CCC(N3CCCC3)C2)c1CN. The van der Waals surface area contributed by atoms with Crippen molar-refractivity contribution in [2.24, 2.45) is 5.73 Å². The fourth-order valence-corrected chi connectivity index (χ4v) is 4.26. The van der Waals surface area contributed by atoms with Gasteiger partial charge in [-0.25, -0.2) is 0 Å². The van der Waals surface area contributed by atoms with Crippen LogP contribution in [0, 0.1) is 0 Å². The van der Waals surface area contributed by atoms with Crippen molar-refractivity contribution < 1.29 is 0 Å². The van der Waals surface area contributed by atoms with E-state index in [-0.39, 0.29) is 0 Å². The Kier molecular flexibility index (Phi) is 4.54. The van der Waals surface area contributed by atoms with Crippen LogP contribution in [0.4, 0.5) is 5.69 Å². The lowest BCUT2D eigenvalue weighted by molar-refractivity contribution is 0.260. The van der Waals surface area contributed by atoms with Gasteiger partial charge in [-0.3, -0.25) is 4.90 Å². The van der Waals surface area contributed by atoms with E-state index in [9.17, 15) is 0 Å². The molecule has 0 radical (unpaired) electrons. The quantitative estimate of drug-likeness (QED) is 0.864. The average Bonchev–Trinajstić information content (AvgIpc) is 3.16. The second-order valence-electron chi connectivity index (χ2n) is 5.79. The molecule has 2 fully saturated rings. The Morgan fingerprint density at radius 2 is 2.05 bits per heavy atom. The Labute approximate surface area is 126 Å². The van der Waals surface area contributed by atoms with Crippen molar-refractivity contribution in [3.8, 4) is 0 Å². The molecular weight excluding hydrogens is 266 g/mol. The molecule has 1 atom stereocenters. The van der Waals surface area contributed by atoms with E-state index in [2.05, 4.69) is 34.3 Å². The molecule has 2 saturated heterocycles. The maximum atomic E-state index is 6.00. The van der Waals surface area contributed by atoms with Gasteiger partial charge in [0.2, 0.25) is 0 Å². The van der Waals surface area contributed by atoms with Crippen LogP contribution in [0.1, 0.15) is 24.8 Å². The molecule has 3 rings (SSSR count). The highest BCUT2D eigenvalue weighted by molar-refractivity contribution is 7.98. The summed E-state index contributed by atoms with van der Waals surface area (Å²) in [6, 6.07) is 7.35. The van der Waals surface area contributed by atoms with E-state index in [0.717, 1.165) is 6.04 Å². The fourth-order valence-electron chi connectivity index (χ4n) is 3.61. The summed E-state index contributed by atoms with van der Waals surface area (Å²) >= 11 is 1.80. The summed E-state index contributed by atoms with van der Waals surface area (Å²) in [5.41, 5.74) is 8.68. The van der Waals surface area contributed by atoms with Crippen LogP contribution in [0.3, 0.4) is 0 Å². The molecule has 2 N–H and O–H groups in total. The highest BCUT2D eigenvalue weighted by atomic mass is 32.2. The Morgan fingerprint density at radius 1 is 1.25 bits per heavy atom. The number of hydrogen-bond donors (Lipinski definition) is 1. The highest BCUT2D eigenvalue weighted by Crippen LogP contribution is 2.32. The van der Waals surface area contributed by atoms with Crippen LogP contribution in [0.25, 0.3) is 0 Å². The van der Waals surface area contributed by atoms with E-state index in [4.69, 9.17) is 5.73 Å². The maximum Gasteiger partial charge on any atom is 0.0423 e. The minimum absolute atomic E-state index is 0.636. The van der Waals surface area contributed by atoms with Gasteiger partial charge in [-0.1, -0.05) is 6.07 Å². The molecule has 2 aliphatic rings. The molecule has 4 heteroatoms. The van der Waals surface area contributed by atoms with Crippen molar-refractivity contribution >= 4 is 17.4 Å². The van der Waals surface area contributed by atoms with Crippen molar-refractivity contribution in [1.82, 2.24) is 4.90 Å². The van der Waals surface area contributed by atoms with Gasteiger partial charge >= 0.3 is 0 Å². The lowest BCUT2D eigenvalue weighted by Crippen LogP contribution is -2.35. The van der Waals surface area contributed by atoms with Gasteiger partial charge in [-0.15, -0.1) is 11.8 Å². The molecule has 0 aromatic heterocycles. The lowest BCUT2D eigenvalue weighted by Gasteiger charge is -2.26. The summed E-state index contributed by atoms with van der Waals surface area (Å²) in [5.74, 6) is 0. The van der Waals surface area contributed by atoms with Crippen LogP contribution >= 0.6 is 11.8 Å². The van der Waals surface area contributed by atoms with Gasteiger partial charge in [-0.2, -0.15) is 0 Å². The van der Waals surface area contributed by atoms with Crippen LogP contribution in [0.15, 0.2) is 23.1 Å². The number of rotatable bonds is 4. The van der Waals surface area contributed by atoms with Crippen LogP contribution in [0.5, 0.6) is 0 Å². The Balaban J connectivity index is 1.77. The summed E-state index contributed by atoms with van der Waals surface area (Å²) in [7, 11) is 0. The van der Waals surface area contributed by atoms with Crippen molar-refractivity contribution in [3.63, 3.8) is 0 Å². The number of anilines is 1. The van der Waals surface area contributed by atoms with Gasteiger partial charge in [0.1, 0.15) is 0 Å². The predicted molar refractivity (Wildman–Crippen MR) is 87.5 cm³/mol. The number of likely N-dealkylation sites (tertiary alicyclic amines) is 1. The number of nitrogens with zero attached hydrogens (tertiary/aromatic N) is 2. The number of hydrogen-bond acceptors (Lipinski definition) is 4. The van der Waals surface area contributed by atoms with Crippen molar-refractivity contribution in [3.05, 3.63) is 23.8 Å². The first kappa shape index (κ1) is 14.2. The van der Waals surface area contributed by atoms with Crippen molar-refractivity contribution in [2.75, 3.05) is 37.3 Å². The van der Waals surface area contributed by atoms with E-state index in [1.54, 1.807) is 11.8 Å². The Morgan fingerprint density at radius 3 is 2.75 bits per heavy atom. The summed E-state index contributed by atoms with van der Waals surface area (Å²) in [4.78, 5) is 6.56. The van der Waals surface area contributed by atoms with E-state index in [1.807, 2.05) is 0 Å². The van der Waals surface area contributed by atoms with Crippen molar-refractivity contribution in [1.29, 1.82) is 0 Å². The van der Waals surface area contributed by atoms with Gasteiger partial charge in [0.15, 0.2) is 0 Å². The monoisotopic (exact) mass is 291 g/mol. The van der Waals surface area contributed by atoms with E-state index < -0.39 is 0 Å². The fraction of sp³-hybridized carbons (Fsp3) is 0.625. The molecule has 0 aliphatic carbocycles. The second-order valence-corrected chi connectivity index (χ2v) is 6.64. The Bertz CT molecular complexity index is 457. The molecule has 2 aliphatic heterocycles. The predicted octanol–water partition coefficient (Wildman–Crippen LogP) is 2.54. The molecule has 0 bridgehead atoms. The van der Waals surface area contributed by atoms with Gasteiger partial charge in [0.25, 0.3) is 0 Å². The van der Waals surface area contributed by atoms with Crippen molar-refractivity contribution in [2.45, 2.75) is 36.7 Å². The first-order valence-electron chi connectivity index (χ1n) is 7.68. The average molecular weight is 291 g/mol. The molecule has 110 valence electrons. The third-order valence-corrected chi connectivity index (χ3v) is 5.52. The molecule has 20 heavy (non-hydrogen) atoms. The van der Waals surface area contributed by atoms with Crippen LogP contribution in [-0.4, -0.2) is 43.4 Å². The normalized spacial score (nSPS) is 23.7. The molecule has 0 amide bonds. The summed E-state index contributed by atoms with van der Waals surface area (Å²) in [6.45, 7) is 5.58. The van der Waals surface area contributed by atoms with E-state index >= 15 is 0 Å². The zero-order valence-electron chi connectivity index (χ0n) is 12.3. The molecule has 0 spiro atoms. The number of benzene rings is 1. The highest BCUT2D eigenvalue weighted by Gasteiger charge is 2.30. The summed E-state index contributed by atoms with van der Waals surface area (Å²) < 4.78 is 0. The second kappa shape index (κ2) is 6.37. The van der Waals surface area contributed by atoms with Crippen LogP contribution in [0.2, 0.25) is 0 Å². The summed E-state index contributed by atoms with van der Waals surface area (Å²) in [6.07, 6.45) is 6.20. The van der Waals surface area contributed by atoms with Gasteiger partial charge < -0.3 is 10.6 Å².